The van der Waals surface area contributed by atoms with Crippen molar-refractivity contribution >= 4 is 38.1 Å². The van der Waals surface area contributed by atoms with E-state index in [0.717, 1.165) is 18.7 Å². The van der Waals surface area contributed by atoms with Crippen LogP contribution in [-0.4, -0.2) is 60.1 Å². The Morgan fingerprint density at radius 2 is 1.80 bits per heavy atom. The highest BCUT2D eigenvalue weighted by molar-refractivity contribution is 7.91. The molecule has 11 heteroatoms. The quantitative estimate of drug-likeness (QED) is 0.410. The Morgan fingerprint density at radius 1 is 1.09 bits per heavy atom. The zero-order chi connectivity index (χ0) is 24.7. The Balaban J connectivity index is 1.76. The van der Waals surface area contributed by atoms with E-state index in [1.54, 1.807) is 12.3 Å². The van der Waals surface area contributed by atoms with E-state index in [2.05, 4.69) is 4.90 Å². The van der Waals surface area contributed by atoms with E-state index >= 15 is 0 Å². The molecule has 0 amide bonds. The number of nitrogens with zero attached hydrogens (tertiary/aromatic N) is 4. The van der Waals surface area contributed by atoms with Crippen molar-refractivity contribution in [3.05, 3.63) is 75.1 Å². The second kappa shape index (κ2) is 9.19. The van der Waals surface area contributed by atoms with Gasteiger partial charge in [0, 0.05) is 37.4 Å². The molecule has 1 N–H and O–H groups in total. The number of ether oxygens (including phenoxy) is 1. The number of sulfone groups is 1. The summed E-state index contributed by atoms with van der Waals surface area (Å²) < 4.78 is 35.5. The van der Waals surface area contributed by atoms with Crippen LogP contribution in [0, 0.1) is 12.3 Å². The van der Waals surface area contributed by atoms with Crippen molar-refractivity contribution in [3.8, 4) is 0 Å². The highest BCUT2D eigenvalue weighted by Gasteiger charge is 2.24. The largest absolute Gasteiger partial charge is 0.379 e. The van der Waals surface area contributed by atoms with Crippen LogP contribution in [0.2, 0.25) is 5.02 Å². The average Bonchev–Trinajstić information content (AvgIpc) is 2.85. The Bertz CT molecular complexity index is 1660. The van der Waals surface area contributed by atoms with Gasteiger partial charge in [-0.2, -0.15) is 0 Å². The number of nitrogens with one attached hydrogen (secondary N) is 1. The van der Waals surface area contributed by atoms with Crippen LogP contribution in [0.1, 0.15) is 5.56 Å². The molecule has 1 aromatic carbocycles. The number of hydrogen-bond acceptors (Lipinski definition) is 7. The minimum absolute atomic E-state index is 0.000765. The third kappa shape index (κ3) is 4.27. The first-order chi connectivity index (χ1) is 16.8. The molecule has 4 aromatic rings. The standard InChI is InChI=1S/C24H24ClN5O4S/c1-16-3-2-8-30-22(16)27-23-19(24(30)31)15-20(35(32,33)18-6-4-17(25)5-7-18)21(26)29(23)10-9-28-11-13-34-14-12-28/h2-8,15,26H,9-14H2,1H3. The predicted octanol–water partition coefficient (Wildman–Crippen LogP) is 2.26. The first kappa shape index (κ1) is 23.7. The van der Waals surface area contributed by atoms with Crippen molar-refractivity contribution in [1.29, 1.82) is 5.41 Å². The van der Waals surface area contributed by atoms with E-state index in [0.29, 0.717) is 37.0 Å². The van der Waals surface area contributed by atoms with Gasteiger partial charge in [-0.3, -0.25) is 19.5 Å². The third-order valence-electron chi connectivity index (χ3n) is 6.26. The summed E-state index contributed by atoms with van der Waals surface area (Å²) in [5.74, 6) is 0. The summed E-state index contributed by atoms with van der Waals surface area (Å²) in [6.45, 7) is 5.44. The first-order valence-electron chi connectivity index (χ1n) is 11.2. The van der Waals surface area contributed by atoms with E-state index < -0.39 is 9.84 Å². The lowest BCUT2D eigenvalue weighted by Gasteiger charge is -2.27. The molecule has 1 aliphatic heterocycles. The molecule has 3 aromatic heterocycles. The minimum atomic E-state index is -4.10. The summed E-state index contributed by atoms with van der Waals surface area (Å²) >= 11 is 5.94. The van der Waals surface area contributed by atoms with Crippen LogP contribution in [-0.2, 0) is 21.1 Å². The molecule has 5 rings (SSSR count). The molecule has 9 nitrogen and oxygen atoms in total. The van der Waals surface area contributed by atoms with E-state index in [9.17, 15) is 13.2 Å². The number of halogens is 1. The van der Waals surface area contributed by atoms with Gasteiger partial charge in [-0.25, -0.2) is 13.4 Å². The lowest BCUT2D eigenvalue weighted by atomic mass is 10.2. The van der Waals surface area contributed by atoms with Gasteiger partial charge in [0.2, 0.25) is 9.84 Å². The van der Waals surface area contributed by atoms with Gasteiger partial charge < -0.3 is 9.30 Å². The van der Waals surface area contributed by atoms with Crippen LogP contribution in [0.15, 0.2) is 63.2 Å². The van der Waals surface area contributed by atoms with Crippen LogP contribution in [0.5, 0.6) is 0 Å². The lowest BCUT2D eigenvalue weighted by molar-refractivity contribution is 0.0363. The molecular weight excluding hydrogens is 490 g/mol. The average molecular weight is 514 g/mol. The normalized spacial score (nSPS) is 15.1. The number of fused-ring (bicyclic) bond motifs is 2. The second-order valence-corrected chi connectivity index (χ2v) is 10.8. The summed E-state index contributed by atoms with van der Waals surface area (Å²) in [5.41, 5.74) is 0.956. The highest BCUT2D eigenvalue weighted by atomic mass is 35.5. The predicted molar refractivity (Wildman–Crippen MR) is 132 cm³/mol. The fourth-order valence-corrected chi connectivity index (χ4v) is 5.81. The number of hydrogen-bond donors (Lipinski definition) is 1. The summed E-state index contributed by atoms with van der Waals surface area (Å²) in [6.07, 6.45) is 1.61. The van der Waals surface area contributed by atoms with E-state index in [1.165, 1.54) is 39.3 Å². The van der Waals surface area contributed by atoms with Crippen LogP contribution in [0.3, 0.4) is 0 Å². The number of pyridine rings is 2. The second-order valence-electron chi connectivity index (χ2n) is 8.46. The van der Waals surface area contributed by atoms with Crippen molar-refractivity contribution in [1.82, 2.24) is 18.9 Å². The third-order valence-corrected chi connectivity index (χ3v) is 8.29. The minimum Gasteiger partial charge on any atom is -0.379 e. The van der Waals surface area contributed by atoms with Gasteiger partial charge in [-0.05, 0) is 48.9 Å². The van der Waals surface area contributed by atoms with E-state index in [-0.39, 0.29) is 31.9 Å². The molecule has 1 saturated heterocycles. The summed E-state index contributed by atoms with van der Waals surface area (Å²) in [5, 5.41) is 9.43. The van der Waals surface area contributed by atoms with Crippen LogP contribution in [0.4, 0.5) is 0 Å². The SMILES string of the molecule is Cc1cccn2c(=O)c3cc(S(=O)(=O)c4ccc(Cl)cc4)c(=N)n(CCN4CCOCC4)c3nc12. The van der Waals surface area contributed by atoms with Crippen LogP contribution >= 0.6 is 11.6 Å². The first-order valence-corrected chi connectivity index (χ1v) is 13.0. The molecule has 1 fully saturated rings. The van der Waals surface area contributed by atoms with Gasteiger partial charge in [0.15, 0.2) is 0 Å². The zero-order valence-electron chi connectivity index (χ0n) is 19.1. The van der Waals surface area contributed by atoms with E-state index in [1.807, 2.05) is 13.0 Å². The van der Waals surface area contributed by atoms with Crippen molar-refractivity contribution < 1.29 is 13.2 Å². The smallest absolute Gasteiger partial charge is 0.267 e. The molecule has 0 saturated carbocycles. The van der Waals surface area contributed by atoms with E-state index in [4.69, 9.17) is 26.7 Å². The van der Waals surface area contributed by atoms with Crippen molar-refractivity contribution in [2.24, 2.45) is 0 Å². The summed E-state index contributed by atoms with van der Waals surface area (Å²) in [4.78, 5) is 20.1. The van der Waals surface area contributed by atoms with Crippen molar-refractivity contribution in [3.63, 3.8) is 0 Å². The van der Waals surface area contributed by atoms with Crippen molar-refractivity contribution in [2.45, 2.75) is 23.3 Å². The lowest BCUT2D eigenvalue weighted by Crippen LogP contribution is -2.40. The monoisotopic (exact) mass is 513 g/mol. The topological polar surface area (TPSA) is 110 Å². The molecule has 0 unspecified atom stereocenters. The maximum atomic E-state index is 13.6. The molecule has 182 valence electrons. The molecule has 35 heavy (non-hydrogen) atoms. The van der Waals surface area contributed by atoms with Gasteiger partial charge in [0.1, 0.15) is 21.7 Å². The summed E-state index contributed by atoms with van der Waals surface area (Å²) in [6, 6.07) is 10.6. The highest BCUT2D eigenvalue weighted by Crippen LogP contribution is 2.22. The van der Waals surface area contributed by atoms with Crippen LogP contribution in [0.25, 0.3) is 16.7 Å². The van der Waals surface area contributed by atoms with Gasteiger partial charge in [-0.1, -0.05) is 17.7 Å². The Hall–Kier alpha value is -3.05. The van der Waals surface area contributed by atoms with Crippen molar-refractivity contribution in [2.75, 3.05) is 32.8 Å². The fourth-order valence-electron chi connectivity index (χ4n) is 4.30. The molecule has 0 bridgehead atoms. The molecule has 0 spiro atoms. The molecule has 0 aliphatic carbocycles. The van der Waals surface area contributed by atoms with Crippen LogP contribution < -0.4 is 11.0 Å². The summed E-state index contributed by atoms with van der Waals surface area (Å²) in [7, 11) is -4.10. The number of rotatable bonds is 5. The Kier molecular flexibility index (Phi) is 6.22. The molecule has 4 heterocycles. The molecular formula is C24H24ClN5O4S. The number of aryl methyl sites for hydroxylation is 1. The molecule has 0 radical (unpaired) electrons. The Morgan fingerprint density at radius 3 is 2.51 bits per heavy atom. The Labute approximate surface area is 206 Å². The number of benzene rings is 1. The van der Waals surface area contributed by atoms with Gasteiger partial charge in [-0.15, -0.1) is 0 Å². The molecule has 1 aliphatic rings. The maximum absolute atomic E-state index is 13.6. The van der Waals surface area contributed by atoms with Gasteiger partial charge >= 0.3 is 0 Å². The number of aromatic nitrogens is 3. The molecule has 0 atom stereocenters. The fraction of sp³-hybridized carbons (Fsp3) is 0.292. The number of morpholine rings is 1. The maximum Gasteiger partial charge on any atom is 0.267 e. The zero-order valence-corrected chi connectivity index (χ0v) is 20.6. The van der Waals surface area contributed by atoms with Gasteiger partial charge in [0.05, 0.1) is 23.5 Å². The van der Waals surface area contributed by atoms with Gasteiger partial charge in [0.25, 0.3) is 5.56 Å².